The molecule has 2 rings (SSSR count). The van der Waals surface area contributed by atoms with Crippen molar-refractivity contribution in [3.05, 3.63) is 34.9 Å². The van der Waals surface area contributed by atoms with Gasteiger partial charge in [-0.1, -0.05) is 23.7 Å². The average Bonchev–Trinajstić information content (AvgIpc) is 2.38. The van der Waals surface area contributed by atoms with Crippen molar-refractivity contribution in [3.8, 4) is 0 Å². The molecule has 1 amide bonds. The van der Waals surface area contributed by atoms with Gasteiger partial charge in [-0.05, 0) is 38.1 Å². The minimum absolute atomic E-state index is 0.0858. The number of hydrogen-bond acceptors (Lipinski definition) is 3. The van der Waals surface area contributed by atoms with Crippen LogP contribution in [0.5, 0.6) is 0 Å². The van der Waals surface area contributed by atoms with Crippen LogP contribution in [0, 0.1) is 0 Å². The first-order valence-electron chi connectivity index (χ1n) is 5.68. The Balaban J connectivity index is 1.87. The van der Waals surface area contributed by atoms with Gasteiger partial charge in [0.25, 0.3) is 5.91 Å². The lowest BCUT2D eigenvalue weighted by molar-refractivity contribution is -0.0282. The number of piperidine rings is 1. The molecule has 1 aromatic rings. The summed E-state index contributed by atoms with van der Waals surface area (Å²) in [5.74, 6) is -0.297. The lowest BCUT2D eigenvalue weighted by Crippen LogP contribution is -2.37. The standard InChI is InChI=1S/C12H15ClN2O2/c13-11-4-2-1-3-10(11)12(16)15-17-9-5-7-14-8-6-9/h1-4,9,14H,5-8H2,(H,15,16). The fourth-order valence-electron chi connectivity index (χ4n) is 1.75. The zero-order valence-corrected chi connectivity index (χ0v) is 10.2. The van der Waals surface area contributed by atoms with Gasteiger partial charge in [0.2, 0.25) is 0 Å². The van der Waals surface area contributed by atoms with E-state index in [0.717, 1.165) is 25.9 Å². The van der Waals surface area contributed by atoms with E-state index >= 15 is 0 Å². The Hall–Kier alpha value is -1.10. The lowest BCUT2D eigenvalue weighted by atomic mass is 10.1. The predicted octanol–water partition coefficient (Wildman–Crippen LogP) is 1.75. The van der Waals surface area contributed by atoms with Gasteiger partial charge in [0.15, 0.2) is 0 Å². The molecule has 0 aromatic heterocycles. The Morgan fingerprint density at radius 3 is 2.76 bits per heavy atom. The first-order chi connectivity index (χ1) is 8.27. The molecule has 1 heterocycles. The Morgan fingerprint density at radius 1 is 1.35 bits per heavy atom. The zero-order valence-electron chi connectivity index (χ0n) is 9.41. The highest BCUT2D eigenvalue weighted by Crippen LogP contribution is 2.15. The molecule has 0 bridgehead atoms. The van der Waals surface area contributed by atoms with Crippen LogP contribution in [0.25, 0.3) is 0 Å². The number of halogens is 1. The van der Waals surface area contributed by atoms with Gasteiger partial charge in [-0.15, -0.1) is 0 Å². The molecule has 92 valence electrons. The fourth-order valence-corrected chi connectivity index (χ4v) is 1.97. The molecule has 5 heteroatoms. The zero-order chi connectivity index (χ0) is 12.1. The van der Waals surface area contributed by atoms with Crippen molar-refractivity contribution in [1.29, 1.82) is 0 Å². The Labute approximate surface area is 105 Å². The van der Waals surface area contributed by atoms with Crippen molar-refractivity contribution in [2.45, 2.75) is 18.9 Å². The SMILES string of the molecule is O=C(NOC1CCNCC1)c1ccccc1Cl. The van der Waals surface area contributed by atoms with Crippen LogP contribution in [-0.4, -0.2) is 25.1 Å². The summed E-state index contributed by atoms with van der Waals surface area (Å²) in [6.45, 7) is 1.85. The Bertz CT molecular complexity index is 392. The first kappa shape index (κ1) is 12.4. The highest BCUT2D eigenvalue weighted by Gasteiger charge is 2.16. The normalized spacial score (nSPS) is 16.8. The molecule has 0 spiro atoms. The molecule has 1 aromatic carbocycles. The van der Waals surface area contributed by atoms with Crippen LogP contribution in [0.2, 0.25) is 5.02 Å². The van der Waals surface area contributed by atoms with E-state index < -0.39 is 0 Å². The number of nitrogens with one attached hydrogen (secondary N) is 2. The number of benzene rings is 1. The van der Waals surface area contributed by atoms with E-state index in [1.165, 1.54) is 0 Å². The van der Waals surface area contributed by atoms with Crippen molar-refractivity contribution in [2.24, 2.45) is 0 Å². The summed E-state index contributed by atoms with van der Waals surface area (Å²) in [5.41, 5.74) is 2.89. The van der Waals surface area contributed by atoms with Gasteiger partial charge in [0.05, 0.1) is 16.7 Å². The summed E-state index contributed by atoms with van der Waals surface area (Å²) in [6.07, 6.45) is 1.90. The van der Waals surface area contributed by atoms with Crippen LogP contribution in [0.1, 0.15) is 23.2 Å². The summed E-state index contributed by atoms with van der Waals surface area (Å²) in [5, 5.41) is 3.66. The van der Waals surface area contributed by atoms with Crippen molar-refractivity contribution < 1.29 is 9.63 Å². The van der Waals surface area contributed by atoms with Gasteiger partial charge in [-0.3, -0.25) is 9.63 Å². The number of hydroxylamine groups is 1. The molecule has 1 saturated heterocycles. The molecule has 4 nitrogen and oxygen atoms in total. The van der Waals surface area contributed by atoms with Gasteiger partial charge in [-0.25, -0.2) is 5.48 Å². The highest BCUT2D eigenvalue weighted by atomic mass is 35.5. The van der Waals surface area contributed by atoms with E-state index in [-0.39, 0.29) is 12.0 Å². The number of rotatable bonds is 3. The van der Waals surface area contributed by atoms with E-state index in [0.29, 0.717) is 10.6 Å². The van der Waals surface area contributed by atoms with E-state index in [1.807, 2.05) is 0 Å². The van der Waals surface area contributed by atoms with Crippen molar-refractivity contribution in [3.63, 3.8) is 0 Å². The van der Waals surface area contributed by atoms with Crippen molar-refractivity contribution in [1.82, 2.24) is 10.8 Å². The van der Waals surface area contributed by atoms with Gasteiger partial charge >= 0.3 is 0 Å². The van der Waals surface area contributed by atoms with Crippen LogP contribution in [-0.2, 0) is 4.84 Å². The van der Waals surface area contributed by atoms with Crippen LogP contribution < -0.4 is 10.8 Å². The van der Waals surface area contributed by atoms with Crippen LogP contribution in [0.15, 0.2) is 24.3 Å². The third-order valence-corrected chi connectivity index (χ3v) is 3.05. The minimum atomic E-state index is -0.297. The van der Waals surface area contributed by atoms with E-state index in [9.17, 15) is 4.79 Å². The molecular weight excluding hydrogens is 240 g/mol. The molecule has 2 N–H and O–H groups in total. The quantitative estimate of drug-likeness (QED) is 0.808. The number of carbonyl (C=O) groups is 1. The molecule has 0 aliphatic carbocycles. The Kier molecular flexibility index (Phi) is 4.36. The second-order valence-corrected chi connectivity index (χ2v) is 4.39. The second-order valence-electron chi connectivity index (χ2n) is 3.98. The molecule has 0 radical (unpaired) electrons. The average molecular weight is 255 g/mol. The first-order valence-corrected chi connectivity index (χ1v) is 6.06. The van der Waals surface area contributed by atoms with Crippen LogP contribution in [0.3, 0.4) is 0 Å². The topological polar surface area (TPSA) is 50.4 Å². The highest BCUT2D eigenvalue weighted by molar-refractivity contribution is 6.33. The predicted molar refractivity (Wildman–Crippen MR) is 65.9 cm³/mol. The molecule has 0 atom stereocenters. The molecule has 1 fully saturated rings. The number of amides is 1. The van der Waals surface area contributed by atoms with Crippen molar-refractivity contribution >= 4 is 17.5 Å². The number of carbonyl (C=O) groups excluding carboxylic acids is 1. The molecule has 0 unspecified atom stereocenters. The Morgan fingerprint density at radius 2 is 2.06 bits per heavy atom. The molecule has 1 aliphatic heterocycles. The van der Waals surface area contributed by atoms with E-state index in [1.54, 1.807) is 24.3 Å². The molecule has 0 saturated carbocycles. The molecular formula is C12H15ClN2O2. The smallest absolute Gasteiger partial charge is 0.276 e. The van der Waals surface area contributed by atoms with Gasteiger partial charge in [0.1, 0.15) is 0 Å². The monoisotopic (exact) mass is 254 g/mol. The van der Waals surface area contributed by atoms with Gasteiger partial charge < -0.3 is 5.32 Å². The third-order valence-electron chi connectivity index (χ3n) is 2.72. The van der Waals surface area contributed by atoms with Gasteiger partial charge in [0, 0.05) is 0 Å². The maximum absolute atomic E-state index is 11.8. The largest absolute Gasteiger partial charge is 0.317 e. The molecule has 17 heavy (non-hydrogen) atoms. The number of hydrogen-bond donors (Lipinski definition) is 2. The maximum atomic E-state index is 11.8. The summed E-state index contributed by atoms with van der Waals surface area (Å²) < 4.78 is 0. The summed E-state index contributed by atoms with van der Waals surface area (Å²) in [6, 6.07) is 6.91. The lowest BCUT2D eigenvalue weighted by Gasteiger charge is -2.22. The summed E-state index contributed by atoms with van der Waals surface area (Å²) >= 11 is 5.91. The fraction of sp³-hybridized carbons (Fsp3) is 0.417. The van der Waals surface area contributed by atoms with Gasteiger partial charge in [-0.2, -0.15) is 0 Å². The van der Waals surface area contributed by atoms with Crippen molar-refractivity contribution in [2.75, 3.05) is 13.1 Å². The minimum Gasteiger partial charge on any atom is -0.317 e. The van der Waals surface area contributed by atoms with E-state index in [2.05, 4.69) is 10.8 Å². The van der Waals surface area contributed by atoms with Crippen LogP contribution >= 0.6 is 11.6 Å². The van der Waals surface area contributed by atoms with E-state index in [4.69, 9.17) is 16.4 Å². The maximum Gasteiger partial charge on any atom is 0.276 e. The second kappa shape index (κ2) is 6.00. The van der Waals surface area contributed by atoms with Crippen LogP contribution in [0.4, 0.5) is 0 Å². The summed E-state index contributed by atoms with van der Waals surface area (Å²) in [4.78, 5) is 17.1. The molecule has 1 aliphatic rings. The third kappa shape index (κ3) is 3.43. The summed E-state index contributed by atoms with van der Waals surface area (Å²) in [7, 11) is 0.